The molecule has 8 rings (SSSR count). The Morgan fingerprint density at radius 3 is 2.28 bits per heavy atom. The smallest absolute Gasteiger partial charge is 0.394 e. The van der Waals surface area contributed by atoms with E-state index in [2.05, 4.69) is 38.0 Å². The number of fused-ring (bicyclic) bond motifs is 1. The summed E-state index contributed by atoms with van der Waals surface area (Å²) in [5.74, 6) is -1.77. The third-order valence-corrected chi connectivity index (χ3v) is 12.9. The molecule has 7 N–H and O–H groups in total. The summed E-state index contributed by atoms with van der Waals surface area (Å²) in [6.45, 7) is 2.94. The number of hydrogen-bond donors (Lipinski definition) is 7. The highest BCUT2D eigenvalue weighted by Gasteiger charge is 2.42. The van der Waals surface area contributed by atoms with Gasteiger partial charge >= 0.3 is 12.1 Å². The van der Waals surface area contributed by atoms with E-state index in [0.717, 1.165) is 32.5 Å². The minimum atomic E-state index is -3.57. The van der Waals surface area contributed by atoms with Crippen molar-refractivity contribution in [3.63, 3.8) is 0 Å². The number of nitrogens with zero attached hydrogens (tertiary/aromatic N) is 1. The molecular weight excluding hydrogens is 917 g/mol. The Morgan fingerprint density at radius 1 is 0.845 bits per heavy atom. The minimum Gasteiger partial charge on any atom is -0.506 e. The zero-order valence-electron chi connectivity index (χ0n) is 39.1. The molecule has 2 fully saturated rings. The van der Waals surface area contributed by atoms with Gasteiger partial charge in [0.15, 0.2) is 6.61 Å². The second-order valence-corrected chi connectivity index (χ2v) is 18.3. The maximum absolute atomic E-state index is 14.2. The number of aliphatic hydroxyl groups is 2. The first-order valence-electron chi connectivity index (χ1n) is 23.6. The van der Waals surface area contributed by atoms with Crippen molar-refractivity contribution in [3.05, 3.63) is 171 Å². The molecule has 5 aromatic carbocycles. The lowest BCUT2D eigenvalue weighted by molar-refractivity contribution is -0.164. The highest BCUT2D eigenvalue weighted by molar-refractivity contribution is 5.95. The van der Waals surface area contributed by atoms with Crippen molar-refractivity contribution in [2.75, 3.05) is 32.8 Å². The van der Waals surface area contributed by atoms with E-state index in [-0.39, 0.29) is 78.2 Å². The SMILES string of the molecule is CC(F)(F)Oc1cc(C(=O)N[C@H]2C[C@H](NC(=O)COc3cccc(C(O)(C(=O)OCC4CCN(Cc5ccccc5)CC4)c4ccccc4)c3)C2)ccc1CNC[C@H](O)c1ccc(O)c2[nH]c(=O)ccc12. The molecular formula is C54H57F2N5O10. The number of pyridine rings is 1. The number of H-pyrrole nitrogens is 1. The molecule has 1 unspecified atom stereocenters. The van der Waals surface area contributed by atoms with Gasteiger partial charge in [-0.2, -0.15) is 8.78 Å². The number of piperidine rings is 1. The number of carbonyl (C=O) groups is 3. The van der Waals surface area contributed by atoms with Gasteiger partial charge in [0.2, 0.25) is 11.2 Å². The van der Waals surface area contributed by atoms with Gasteiger partial charge in [-0.3, -0.25) is 19.3 Å². The Kier molecular flexibility index (Phi) is 15.8. The highest BCUT2D eigenvalue weighted by atomic mass is 19.3. The van der Waals surface area contributed by atoms with Crippen LogP contribution in [0.25, 0.3) is 10.9 Å². The molecule has 0 radical (unpaired) electrons. The summed E-state index contributed by atoms with van der Waals surface area (Å²) in [6, 6.07) is 34.4. The van der Waals surface area contributed by atoms with Crippen LogP contribution in [0.1, 0.15) is 76.9 Å². The molecule has 2 heterocycles. The van der Waals surface area contributed by atoms with Crippen LogP contribution in [0.4, 0.5) is 8.78 Å². The van der Waals surface area contributed by atoms with Crippen molar-refractivity contribution in [2.45, 2.75) is 75.6 Å². The number of benzene rings is 5. The predicted molar refractivity (Wildman–Crippen MR) is 260 cm³/mol. The third kappa shape index (κ3) is 12.8. The summed E-state index contributed by atoms with van der Waals surface area (Å²) in [5, 5.41) is 42.5. The number of phenols is 1. The van der Waals surface area contributed by atoms with Crippen LogP contribution in [0.15, 0.2) is 132 Å². The van der Waals surface area contributed by atoms with Crippen molar-refractivity contribution in [2.24, 2.45) is 5.92 Å². The first-order chi connectivity index (χ1) is 34.1. The number of likely N-dealkylation sites (tertiary alicyclic amines) is 1. The number of alkyl halides is 2. The number of aromatic nitrogens is 1. The van der Waals surface area contributed by atoms with Crippen LogP contribution in [-0.4, -0.2) is 94.0 Å². The lowest BCUT2D eigenvalue weighted by atomic mass is 9.86. The summed E-state index contributed by atoms with van der Waals surface area (Å²) in [6.07, 6.45) is -2.16. The Hall–Kier alpha value is -7.18. The van der Waals surface area contributed by atoms with Crippen molar-refractivity contribution >= 4 is 28.7 Å². The van der Waals surface area contributed by atoms with Gasteiger partial charge < -0.3 is 50.5 Å². The largest absolute Gasteiger partial charge is 0.506 e. The molecule has 2 atom stereocenters. The summed E-state index contributed by atoms with van der Waals surface area (Å²) in [5.41, 5.74) is 0.169. The van der Waals surface area contributed by atoms with E-state index < -0.39 is 41.2 Å². The number of rotatable bonds is 20. The molecule has 1 aliphatic carbocycles. The molecule has 0 bridgehead atoms. The number of aromatic hydroxyl groups is 1. The monoisotopic (exact) mass is 973 g/mol. The Bertz CT molecular complexity index is 2870. The molecule has 15 nitrogen and oxygen atoms in total. The molecule has 17 heteroatoms. The third-order valence-electron chi connectivity index (χ3n) is 12.9. The molecule has 1 aliphatic heterocycles. The van der Waals surface area contributed by atoms with E-state index in [4.69, 9.17) is 14.2 Å². The van der Waals surface area contributed by atoms with E-state index in [1.165, 1.54) is 54.1 Å². The average Bonchev–Trinajstić information content (AvgIpc) is 3.35. The van der Waals surface area contributed by atoms with Gasteiger partial charge in [-0.05, 0) is 97.8 Å². The fourth-order valence-electron chi connectivity index (χ4n) is 9.02. The van der Waals surface area contributed by atoms with Crippen molar-refractivity contribution < 1.29 is 52.7 Å². The number of nitrogens with one attached hydrogen (secondary N) is 4. The minimum absolute atomic E-state index is 0.0167. The number of hydrogen-bond acceptors (Lipinski definition) is 12. The van der Waals surface area contributed by atoms with Gasteiger partial charge in [-0.15, -0.1) is 0 Å². The number of esters is 1. The van der Waals surface area contributed by atoms with E-state index in [1.807, 2.05) is 18.2 Å². The van der Waals surface area contributed by atoms with E-state index >= 15 is 0 Å². The molecule has 2 aliphatic rings. The van der Waals surface area contributed by atoms with Crippen molar-refractivity contribution in [1.82, 2.24) is 25.8 Å². The first kappa shape index (κ1) is 50.2. The van der Waals surface area contributed by atoms with Crippen LogP contribution >= 0.6 is 0 Å². The number of amides is 2. The van der Waals surface area contributed by atoms with Crippen LogP contribution < -0.4 is 31.0 Å². The highest BCUT2D eigenvalue weighted by Crippen LogP contribution is 2.35. The molecule has 1 aromatic heterocycles. The second kappa shape index (κ2) is 22.3. The summed E-state index contributed by atoms with van der Waals surface area (Å²) in [4.78, 5) is 56.9. The molecule has 71 heavy (non-hydrogen) atoms. The lowest BCUT2D eigenvalue weighted by Crippen LogP contribution is -2.54. The quantitative estimate of drug-likeness (QED) is 0.0427. The number of phenolic OH excluding ortho intramolecular Hbond substituents is 1. The number of ether oxygens (including phenoxy) is 3. The summed E-state index contributed by atoms with van der Waals surface area (Å²) < 4.78 is 44.9. The standard InChI is InChI=1S/C54H57F2N5O10/c1-53(55,56)71-47-25-36(15-16-37(47)29-57-30-46(63)43-17-19-45(62)50-44(43)18-20-48(64)60-50)51(66)59-41-27-40(28-41)58-49(65)33-69-42-14-8-13-39(26-42)54(68,38-11-6-3-7-12-38)52(67)70-32-35-21-23-61(24-22-35)31-34-9-4-2-5-10-34/h2-20,25-26,35,40-41,46,57,62-63,68H,21-24,27-33H2,1H3,(H,58,65)(H,59,66)(H,60,64)/t40-,41-,46-,54?/m0/s1. The van der Waals surface area contributed by atoms with Crippen LogP contribution in [-0.2, 0) is 33.0 Å². The van der Waals surface area contributed by atoms with Gasteiger partial charge in [0.25, 0.3) is 11.8 Å². The zero-order valence-corrected chi connectivity index (χ0v) is 39.1. The average molecular weight is 974 g/mol. The van der Waals surface area contributed by atoms with Gasteiger partial charge in [-0.25, -0.2) is 4.79 Å². The van der Waals surface area contributed by atoms with Crippen LogP contribution in [0.5, 0.6) is 17.2 Å². The molecule has 2 amide bonds. The molecule has 372 valence electrons. The van der Waals surface area contributed by atoms with Crippen LogP contribution in [0, 0.1) is 5.92 Å². The Balaban J connectivity index is 0.804. The molecule has 6 aromatic rings. The van der Waals surface area contributed by atoms with Crippen molar-refractivity contribution in [3.8, 4) is 17.2 Å². The Morgan fingerprint density at radius 2 is 1.55 bits per heavy atom. The normalized spacial score (nSPS) is 17.6. The van der Waals surface area contributed by atoms with Crippen LogP contribution in [0.3, 0.4) is 0 Å². The number of halogens is 2. The van der Waals surface area contributed by atoms with E-state index in [9.17, 15) is 43.3 Å². The molecule has 1 saturated carbocycles. The maximum Gasteiger partial charge on any atom is 0.394 e. The van der Waals surface area contributed by atoms with Crippen LogP contribution in [0.2, 0.25) is 0 Å². The Labute approximate surface area is 408 Å². The fourth-order valence-corrected chi connectivity index (χ4v) is 9.02. The number of carbonyl (C=O) groups excluding carboxylic acids is 3. The number of aliphatic hydroxyl groups excluding tert-OH is 1. The van der Waals surface area contributed by atoms with Crippen molar-refractivity contribution in [1.29, 1.82) is 0 Å². The zero-order chi connectivity index (χ0) is 50.1. The maximum atomic E-state index is 14.2. The summed E-state index contributed by atoms with van der Waals surface area (Å²) in [7, 11) is 0. The van der Waals surface area contributed by atoms with Gasteiger partial charge in [0.1, 0.15) is 17.2 Å². The first-order valence-corrected chi connectivity index (χ1v) is 23.6. The fraction of sp³-hybridized carbons (Fsp3) is 0.333. The summed E-state index contributed by atoms with van der Waals surface area (Å²) >= 11 is 0. The van der Waals surface area contributed by atoms with Gasteiger partial charge in [0, 0.05) is 66.8 Å². The molecule has 0 spiro atoms. The second-order valence-electron chi connectivity index (χ2n) is 18.3. The topological polar surface area (TPSA) is 212 Å². The molecule has 1 saturated heterocycles. The van der Waals surface area contributed by atoms with Gasteiger partial charge in [-0.1, -0.05) is 84.9 Å². The van der Waals surface area contributed by atoms with E-state index in [0.29, 0.717) is 41.8 Å². The number of aromatic amines is 1. The predicted octanol–water partition coefficient (Wildman–Crippen LogP) is 6.20. The van der Waals surface area contributed by atoms with E-state index in [1.54, 1.807) is 48.5 Å². The lowest BCUT2D eigenvalue weighted by Gasteiger charge is -2.36. The van der Waals surface area contributed by atoms with Gasteiger partial charge in [0.05, 0.1) is 18.2 Å².